The molecule has 1 atom stereocenters. The molecule has 1 aromatic rings. The highest BCUT2D eigenvalue weighted by molar-refractivity contribution is 5.83. The Morgan fingerprint density at radius 3 is 2.74 bits per heavy atom. The third-order valence-electron chi connectivity index (χ3n) is 5.03. The van der Waals surface area contributed by atoms with Crippen molar-refractivity contribution in [3.63, 3.8) is 0 Å². The van der Waals surface area contributed by atoms with Gasteiger partial charge in [0, 0.05) is 57.6 Å². The van der Waals surface area contributed by atoms with Crippen molar-refractivity contribution in [1.82, 2.24) is 20.2 Å². The fourth-order valence-corrected chi connectivity index (χ4v) is 3.74. The largest absolute Gasteiger partial charge is 0.353 e. The van der Waals surface area contributed by atoms with E-state index in [1.54, 1.807) is 0 Å². The second-order valence-corrected chi connectivity index (χ2v) is 6.65. The van der Waals surface area contributed by atoms with E-state index in [-0.39, 0.29) is 11.9 Å². The van der Waals surface area contributed by atoms with Crippen LogP contribution in [0.4, 0.5) is 11.8 Å². The van der Waals surface area contributed by atoms with E-state index in [1.165, 1.54) is 12.8 Å². The van der Waals surface area contributed by atoms with Crippen LogP contribution in [0.2, 0.25) is 0 Å². The Labute approximate surface area is 136 Å². The highest BCUT2D eigenvalue weighted by Gasteiger charge is 2.35. The Kier molecular flexibility index (Phi) is 3.80. The summed E-state index contributed by atoms with van der Waals surface area (Å²) in [6.07, 6.45) is 2.43. The number of aromatic nitrogens is 2. The van der Waals surface area contributed by atoms with Crippen LogP contribution in [-0.2, 0) is 4.79 Å². The van der Waals surface area contributed by atoms with Crippen LogP contribution in [0.1, 0.15) is 18.5 Å². The molecule has 23 heavy (non-hydrogen) atoms. The average molecular weight is 316 g/mol. The Balaban J connectivity index is 1.56. The van der Waals surface area contributed by atoms with Crippen molar-refractivity contribution in [2.45, 2.75) is 25.8 Å². The lowest BCUT2D eigenvalue weighted by molar-refractivity contribution is -0.129. The lowest BCUT2D eigenvalue weighted by Crippen LogP contribution is -2.64. The van der Waals surface area contributed by atoms with Gasteiger partial charge in [0.05, 0.1) is 0 Å². The molecule has 3 saturated heterocycles. The summed E-state index contributed by atoms with van der Waals surface area (Å²) in [6.45, 7) is 8.37. The summed E-state index contributed by atoms with van der Waals surface area (Å²) in [5.74, 6) is 1.94. The number of aryl methyl sites for hydroxylation is 1. The fourth-order valence-electron chi connectivity index (χ4n) is 3.74. The number of carbonyl (C=O) groups is 1. The maximum atomic E-state index is 12.1. The molecule has 1 aromatic heterocycles. The van der Waals surface area contributed by atoms with Crippen molar-refractivity contribution in [2.75, 3.05) is 55.6 Å². The summed E-state index contributed by atoms with van der Waals surface area (Å²) >= 11 is 0. The molecule has 7 nitrogen and oxygen atoms in total. The van der Waals surface area contributed by atoms with Crippen molar-refractivity contribution < 1.29 is 4.79 Å². The molecule has 1 amide bonds. The van der Waals surface area contributed by atoms with Gasteiger partial charge in [-0.15, -0.1) is 0 Å². The first-order valence-electron chi connectivity index (χ1n) is 8.58. The molecule has 0 unspecified atom stereocenters. The molecule has 3 aliphatic heterocycles. The van der Waals surface area contributed by atoms with Crippen LogP contribution < -0.4 is 15.1 Å². The molecule has 4 rings (SSSR count). The van der Waals surface area contributed by atoms with E-state index in [1.807, 2.05) is 13.0 Å². The maximum absolute atomic E-state index is 12.1. The van der Waals surface area contributed by atoms with Crippen LogP contribution in [-0.4, -0.2) is 72.6 Å². The molecule has 0 spiro atoms. The normalized spacial score (nSPS) is 25.4. The molecule has 0 saturated carbocycles. The minimum Gasteiger partial charge on any atom is -0.353 e. The first-order chi connectivity index (χ1) is 11.2. The summed E-state index contributed by atoms with van der Waals surface area (Å²) in [6, 6.07) is 1.98. The standard InChI is InChI=1S/C16H24N6O/c1-12-10-14(19-16(18-12)21-5-2-3-6-21)22-9-8-20-7-4-17-15(23)13(20)11-22/h10,13H,2-9,11H2,1H3,(H,17,23)/t13-/m0/s1. The highest BCUT2D eigenvalue weighted by atomic mass is 16.2. The summed E-state index contributed by atoms with van der Waals surface area (Å²) in [5.41, 5.74) is 0.993. The van der Waals surface area contributed by atoms with E-state index in [4.69, 9.17) is 4.98 Å². The second kappa shape index (κ2) is 5.96. The highest BCUT2D eigenvalue weighted by Crippen LogP contribution is 2.23. The van der Waals surface area contributed by atoms with Gasteiger partial charge in [0.2, 0.25) is 11.9 Å². The van der Waals surface area contributed by atoms with Crippen LogP contribution in [0.15, 0.2) is 6.07 Å². The Bertz CT molecular complexity index is 600. The topological polar surface area (TPSA) is 64.6 Å². The zero-order valence-corrected chi connectivity index (χ0v) is 13.7. The molecule has 7 heteroatoms. The zero-order chi connectivity index (χ0) is 15.8. The van der Waals surface area contributed by atoms with E-state index in [2.05, 4.69) is 25.0 Å². The number of rotatable bonds is 2. The predicted octanol–water partition coefficient (Wildman–Crippen LogP) is 0.00562. The van der Waals surface area contributed by atoms with Gasteiger partial charge in [-0.1, -0.05) is 0 Å². The van der Waals surface area contributed by atoms with Crippen molar-refractivity contribution in [1.29, 1.82) is 0 Å². The van der Waals surface area contributed by atoms with Crippen molar-refractivity contribution in [2.24, 2.45) is 0 Å². The zero-order valence-electron chi connectivity index (χ0n) is 13.7. The van der Waals surface area contributed by atoms with E-state index in [0.717, 1.165) is 56.7 Å². The van der Waals surface area contributed by atoms with Gasteiger partial charge < -0.3 is 15.1 Å². The molecule has 124 valence electrons. The third kappa shape index (κ3) is 2.85. The maximum Gasteiger partial charge on any atom is 0.239 e. The number of anilines is 2. The minimum absolute atomic E-state index is 0.0528. The number of nitrogens with zero attached hydrogens (tertiary/aromatic N) is 5. The van der Waals surface area contributed by atoms with Gasteiger partial charge in [0.1, 0.15) is 11.9 Å². The first-order valence-corrected chi connectivity index (χ1v) is 8.58. The molecule has 0 bridgehead atoms. The molecular weight excluding hydrogens is 292 g/mol. The number of amides is 1. The van der Waals surface area contributed by atoms with Gasteiger partial charge in [0.25, 0.3) is 0 Å². The average Bonchev–Trinajstić information content (AvgIpc) is 3.09. The Morgan fingerprint density at radius 2 is 1.91 bits per heavy atom. The minimum atomic E-state index is -0.0528. The second-order valence-electron chi connectivity index (χ2n) is 6.65. The summed E-state index contributed by atoms with van der Waals surface area (Å²) < 4.78 is 0. The summed E-state index contributed by atoms with van der Waals surface area (Å²) in [5, 5.41) is 2.97. The van der Waals surface area contributed by atoms with Gasteiger partial charge in [-0.2, -0.15) is 4.98 Å². The van der Waals surface area contributed by atoms with Gasteiger partial charge in [0.15, 0.2) is 0 Å². The summed E-state index contributed by atoms with van der Waals surface area (Å²) in [4.78, 5) is 28.3. The van der Waals surface area contributed by atoms with Crippen LogP contribution in [0.25, 0.3) is 0 Å². The van der Waals surface area contributed by atoms with Gasteiger partial charge >= 0.3 is 0 Å². The quantitative estimate of drug-likeness (QED) is 0.829. The molecule has 0 radical (unpaired) electrons. The molecule has 3 fully saturated rings. The number of hydrogen-bond acceptors (Lipinski definition) is 6. The Hall–Kier alpha value is -1.89. The third-order valence-corrected chi connectivity index (χ3v) is 5.03. The number of hydrogen-bond donors (Lipinski definition) is 1. The van der Waals surface area contributed by atoms with Crippen molar-refractivity contribution in [3.05, 3.63) is 11.8 Å². The predicted molar refractivity (Wildman–Crippen MR) is 88.8 cm³/mol. The van der Waals surface area contributed by atoms with Crippen LogP contribution in [0, 0.1) is 6.92 Å². The molecule has 3 aliphatic rings. The monoisotopic (exact) mass is 316 g/mol. The smallest absolute Gasteiger partial charge is 0.239 e. The van der Waals surface area contributed by atoms with Gasteiger partial charge in [-0.3, -0.25) is 9.69 Å². The van der Waals surface area contributed by atoms with Crippen LogP contribution in [0.3, 0.4) is 0 Å². The van der Waals surface area contributed by atoms with Crippen molar-refractivity contribution in [3.8, 4) is 0 Å². The molecule has 0 aliphatic carbocycles. The van der Waals surface area contributed by atoms with Crippen LogP contribution >= 0.6 is 0 Å². The van der Waals surface area contributed by atoms with E-state index in [9.17, 15) is 4.79 Å². The Morgan fingerprint density at radius 1 is 1.09 bits per heavy atom. The summed E-state index contributed by atoms with van der Waals surface area (Å²) in [7, 11) is 0. The molecule has 4 heterocycles. The van der Waals surface area contributed by atoms with E-state index >= 15 is 0 Å². The van der Waals surface area contributed by atoms with Crippen molar-refractivity contribution >= 4 is 17.7 Å². The first kappa shape index (κ1) is 14.7. The molecular formula is C16H24N6O. The van der Waals surface area contributed by atoms with E-state index in [0.29, 0.717) is 6.54 Å². The number of piperazine rings is 2. The number of carbonyl (C=O) groups excluding carboxylic acids is 1. The molecule has 1 N–H and O–H groups in total. The number of fused-ring (bicyclic) bond motifs is 1. The van der Waals surface area contributed by atoms with Crippen LogP contribution in [0.5, 0.6) is 0 Å². The molecule has 0 aromatic carbocycles. The van der Waals surface area contributed by atoms with E-state index < -0.39 is 0 Å². The van der Waals surface area contributed by atoms with Gasteiger partial charge in [-0.25, -0.2) is 4.98 Å². The SMILES string of the molecule is Cc1cc(N2CCN3CCNC(=O)[C@@H]3C2)nc(N2CCCC2)n1. The van der Waals surface area contributed by atoms with Gasteiger partial charge in [-0.05, 0) is 19.8 Å². The number of nitrogens with one attached hydrogen (secondary N) is 1. The lowest BCUT2D eigenvalue weighted by Gasteiger charge is -2.43. The fraction of sp³-hybridized carbons (Fsp3) is 0.688. The lowest BCUT2D eigenvalue weighted by atomic mass is 10.1.